The van der Waals surface area contributed by atoms with Crippen molar-refractivity contribution in [2.75, 3.05) is 5.73 Å². The van der Waals surface area contributed by atoms with Gasteiger partial charge < -0.3 is 5.73 Å². The molecule has 5 nitrogen and oxygen atoms in total. The SMILES string of the molecule is Nc1cc(=O)[nH]c(=O)n1CI. The molecule has 0 saturated heterocycles. The van der Waals surface area contributed by atoms with Crippen LogP contribution in [-0.2, 0) is 4.55 Å². The number of aromatic amines is 1. The maximum absolute atomic E-state index is 10.9. The summed E-state index contributed by atoms with van der Waals surface area (Å²) < 4.78 is 1.70. The molecule has 1 aromatic rings. The number of nitrogens with one attached hydrogen (secondary N) is 1. The van der Waals surface area contributed by atoms with Crippen molar-refractivity contribution < 1.29 is 0 Å². The van der Waals surface area contributed by atoms with Crippen LogP contribution >= 0.6 is 22.6 Å². The predicted octanol–water partition coefficient (Wildman–Crippen LogP) is -0.489. The summed E-state index contributed by atoms with van der Waals surface area (Å²) in [5.74, 6) is 0.188. The molecule has 60 valence electrons. The van der Waals surface area contributed by atoms with E-state index >= 15 is 0 Å². The number of nitrogen functional groups attached to an aromatic ring is 1. The van der Waals surface area contributed by atoms with Crippen LogP contribution in [0.25, 0.3) is 0 Å². The summed E-state index contributed by atoms with van der Waals surface area (Å²) in [6, 6.07) is 1.18. The molecule has 1 heterocycles. The molecule has 0 saturated carbocycles. The van der Waals surface area contributed by atoms with E-state index in [0.29, 0.717) is 4.55 Å². The third-order valence-electron chi connectivity index (χ3n) is 1.19. The van der Waals surface area contributed by atoms with Crippen molar-refractivity contribution in [1.82, 2.24) is 9.55 Å². The normalized spacial score (nSPS) is 9.91. The van der Waals surface area contributed by atoms with Crippen LogP contribution < -0.4 is 17.0 Å². The van der Waals surface area contributed by atoms with Crippen LogP contribution in [0.2, 0.25) is 0 Å². The number of aromatic nitrogens is 2. The molecule has 0 aliphatic rings. The van der Waals surface area contributed by atoms with E-state index in [4.69, 9.17) is 5.73 Å². The van der Waals surface area contributed by atoms with Gasteiger partial charge in [0.25, 0.3) is 5.56 Å². The second-order valence-corrected chi connectivity index (χ2v) is 2.59. The second-order valence-electron chi connectivity index (χ2n) is 1.91. The van der Waals surface area contributed by atoms with Gasteiger partial charge in [0, 0.05) is 6.07 Å². The highest BCUT2D eigenvalue weighted by atomic mass is 127. The Morgan fingerprint density at radius 1 is 1.64 bits per heavy atom. The maximum atomic E-state index is 10.9. The van der Waals surface area contributed by atoms with Gasteiger partial charge in [0.05, 0.1) is 4.55 Å². The quantitative estimate of drug-likeness (QED) is 0.532. The Bertz CT molecular complexity index is 367. The van der Waals surface area contributed by atoms with Crippen molar-refractivity contribution in [3.63, 3.8) is 0 Å². The maximum Gasteiger partial charge on any atom is 0.330 e. The van der Waals surface area contributed by atoms with Crippen molar-refractivity contribution in [2.45, 2.75) is 4.55 Å². The number of anilines is 1. The molecule has 3 N–H and O–H groups in total. The summed E-state index contributed by atoms with van der Waals surface area (Å²) in [7, 11) is 0. The topological polar surface area (TPSA) is 80.9 Å². The van der Waals surface area contributed by atoms with E-state index in [1.807, 2.05) is 22.6 Å². The third-order valence-corrected chi connectivity index (χ3v) is 1.87. The van der Waals surface area contributed by atoms with Crippen LogP contribution in [-0.4, -0.2) is 9.55 Å². The number of H-pyrrole nitrogens is 1. The summed E-state index contributed by atoms with van der Waals surface area (Å²) in [6.07, 6.45) is 0. The van der Waals surface area contributed by atoms with Crippen molar-refractivity contribution in [3.05, 3.63) is 26.9 Å². The van der Waals surface area contributed by atoms with Crippen LogP contribution in [0.5, 0.6) is 0 Å². The minimum absolute atomic E-state index is 0.188. The molecular weight excluding hydrogens is 261 g/mol. The van der Waals surface area contributed by atoms with Crippen LogP contribution in [0.1, 0.15) is 0 Å². The molecule has 11 heavy (non-hydrogen) atoms. The average molecular weight is 267 g/mol. The van der Waals surface area contributed by atoms with Gasteiger partial charge in [-0.05, 0) is 0 Å². The molecule has 0 bridgehead atoms. The van der Waals surface area contributed by atoms with Gasteiger partial charge in [0.15, 0.2) is 0 Å². The first-order valence-electron chi connectivity index (χ1n) is 2.80. The minimum atomic E-state index is -0.468. The van der Waals surface area contributed by atoms with Crippen LogP contribution in [0.15, 0.2) is 15.7 Å². The molecule has 6 heteroatoms. The molecule has 1 rings (SSSR count). The van der Waals surface area contributed by atoms with E-state index in [1.165, 1.54) is 10.6 Å². The van der Waals surface area contributed by atoms with Gasteiger partial charge in [-0.15, -0.1) is 0 Å². The van der Waals surface area contributed by atoms with Crippen molar-refractivity contribution >= 4 is 28.4 Å². The predicted molar refractivity (Wildman–Crippen MR) is 49.8 cm³/mol. The highest BCUT2D eigenvalue weighted by molar-refractivity contribution is 14.1. The fourth-order valence-electron chi connectivity index (χ4n) is 0.662. The van der Waals surface area contributed by atoms with Crippen LogP contribution in [0.4, 0.5) is 5.82 Å². The van der Waals surface area contributed by atoms with Gasteiger partial charge in [-0.2, -0.15) is 0 Å². The molecule has 1 aromatic heterocycles. The number of nitrogens with two attached hydrogens (primary N) is 1. The molecule has 0 radical (unpaired) electrons. The smallest absolute Gasteiger partial charge is 0.330 e. The van der Waals surface area contributed by atoms with E-state index in [1.54, 1.807) is 0 Å². The Kier molecular flexibility index (Phi) is 2.32. The number of hydrogen-bond donors (Lipinski definition) is 2. The number of alkyl halides is 1. The Morgan fingerprint density at radius 2 is 2.27 bits per heavy atom. The zero-order chi connectivity index (χ0) is 8.43. The molecule has 0 fully saturated rings. The van der Waals surface area contributed by atoms with E-state index < -0.39 is 11.2 Å². The summed E-state index contributed by atoms with van der Waals surface area (Å²) in [4.78, 5) is 23.6. The van der Waals surface area contributed by atoms with E-state index in [-0.39, 0.29) is 5.82 Å². The molecule has 0 aromatic carbocycles. The monoisotopic (exact) mass is 267 g/mol. The number of nitrogens with zero attached hydrogens (tertiary/aromatic N) is 1. The Hall–Kier alpha value is -0.790. The van der Waals surface area contributed by atoms with Gasteiger partial charge >= 0.3 is 5.69 Å². The van der Waals surface area contributed by atoms with E-state index in [0.717, 1.165) is 0 Å². The van der Waals surface area contributed by atoms with Crippen molar-refractivity contribution in [2.24, 2.45) is 0 Å². The first-order valence-corrected chi connectivity index (χ1v) is 4.33. The summed E-state index contributed by atoms with van der Waals surface area (Å²) in [6.45, 7) is 0. The minimum Gasteiger partial charge on any atom is -0.385 e. The summed E-state index contributed by atoms with van der Waals surface area (Å²) in [5, 5.41) is 0. The van der Waals surface area contributed by atoms with Gasteiger partial charge in [-0.3, -0.25) is 14.3 Å². The van der Waals surface area contributed by atoms with Gasteiger partial charge in [-0.25, -0.2) is 4.79 Å². The lowest BCUT2D eigenvalue weighted by atomic mass is 10.6. The number of rotatable bonds is 1. The summed E-state index contributed by atoms with van der Waals surface area (Å²) >= 11 is 1.98. The zero-order valence-electron chi connectivity index (χ0n) is 5.50. The molecule has 0 amide bonds. The van der Waals surface area contributed by atoms with Crippen LogP contribution in [0, 0.1) is 0 Å². The van der Waals surface area contributed by atoms with Gasteiger partial charge in [0.2, 0.25) is 0 Å². The molecule has 0 unspecified atom stereocenters. The average Bonchev–Trinajstić information content (AvgIpc) is 1.85. The lowest BCUT2D eigenvalue weighted by Crippen LogP contribution is -2.30. The first-order chi connectivity index (χ1) is 5.15. The highest BCUT2D eigenvalue weighted by Gasteiger charge is 1.98. The van der Waals surface area contributed by atoms with Crippen molar-refractivity contribution in [3.8, 4) is 0 Å². The largest absolute Gasteiger partial charge is 0.385 e. The van der Waals surface area contributed by atoms with Crippen molar-refractivity contribution in [1.29, 1.82) is 0 Å². The molecule has 0 aliphatic carbocycles. The van der Waals surface area contributed by atoms with E-state index in [2.05, 4.69) is 4.98 Å². The number of hydrogen-bond acceptors (Lipinski definition) is 3. The standard InChI is InChI=1S/C5H6IN3O2/c6-2-9-3(7)1-4(10)8-5(9)11/h1H,2,7H2,(H,8,10,11). The molecule has 0 atom stereocenters. The lowest BCUT2D eigenvalue weighted by molar-refractivity contribution is 0.813. The lowest BCUT2D eigenvalue weighted by Gasteiger charge is -2.01. The third kappa shape index (κ3) is 1.62. The Morgan fingerprint density at radius 3 is 2.73 bits per heavy atom. The molecular formula is C5H6IN3O2. The molecule has 0 aliphatic heterocycles. The second kappa shape index (κ2) is 3.07. The Balaban J connectivity index is 3.49. The number of halogens is 1. The molecule has 0 spiro atoms. The summed E-state index contributed by atoms with van der Waals surface area (Å²) in [5.41, 5.74) is 4.44. The van der Waals surface area contributed by atoms with Gasteiger partial charge in [0.1, 0.15) is 5.82 Å². The van der Waals surface area contributed by atoms with Gasteiger partial charge in [-0.1, -0.05) is 22.6 Å². The fourth-order valence-corrected chi connectivity index (χ4v) is 1.37. The first kappa shape index (κ1) is 8.31. The fraction of sp³-hybridized carbons (Fsp3) is 0.200. The Labute approximate surface area is 75.4 Å². The van der Waals surface area contributed by atoms with E-state index in [9.17, 15) is 9.59 Å². The van der Waals surface area contributed by atoms with Crippen LogP contribution in [0.3, 0.4) is 0 Å². The zero-order valence-corrected chi connectivity index (χ0v) is 7.66. The highest BCUT2D eigenvalue weighted by Crippen LogP contribution is 1.95.